The van der Waals surface area contributed by atoms with Crippen LogP contribution in [0.25, 0.3) is 0 Å². The highest BCUT2D eigenvalue weighted by Gasteiger charge is 2.31. The summed E-state index contributed by atoms with van der Waals surface area (Å²) in [5.74, 6) is -0.650. The maximum absolute atomic E-state index is 10.9. The molecule has 13 heavy (non-hydrogen) atoms. The number of amides is 2. The fraction of sp³-hybridized carbons (Fsp3) is 0.714. The second-order valence-electron chi connectivity index (χ2n) is 3.11. The lowest BCUT2D eigenvalue weighted by molar-refractivity contribution is -0.122. The Morgan fingerprint density at radius 2 is 2.23 bits per heavy atom. The first-order valence-electron chi connectivity index (χ1n) is 4.08. The summed E-state index contributed by atoms with van der Waals surface area (Å²) in [6.07, 6.45) is -1.07. The zero-order chi connectivity index (χ0) is 9.84. The van der Waals surface area contributed by atoms with Gasteiger partial charge < -0.3 is 21.5 Å². The average Bonchev–Trinajstić information content (AvgIpc) is 2.47. The number of hydrogen-bond acceptors (Lipinski definition) is 3. The standard InChI is InChI=1S/C7H13N3O3/c8-6(11)5-3-9-1-4(5)2-10-7(12)13/h4-5,9-10H,1-3H2,(H2,8,11)(H,12,13)/t4-,5-/m1/s1. The molecule has 6 heteroatoms. The molecule has 0 radical (unpaired) electrons. The molecule has 1 aliphatic heterocycles. The van der Waals surface area contributed by atoms with Gasteiger partial charge in [0.1, 0.15) is 0 Å². The predicted octanol–water partition coefficient (Wildman–Crippen LogP) is -1.43. The second kappa shape index (κ2) is 4.08. The van der Waals surface area contributed by atoms with E-state index in [1.807, 2.05) is 0 Å². The summed E-state index contributed by atoms with van der Waals surface area (Å²) in [6.45, 7) is 1.45. The molecule has 5 N–H and O–H groups in total. The summed E-state index contributed by atoms with van der Waals surface area (Å²) < 4.78 is 0. The lowest BCUT2D eigenvalue weighted by Gasteiger charge is -2.14. The van der Waals surface area contributed by atoms with Gasteiger partial charge in [0.25, 0.3) is 0 Å². The minimum atomic E-state index is -1.07. The number of nitrogens with two attached hydrogens (primary N) is 1. The molecule has 1 aliphatic rings. The maximum Gasteiger partial charge on any atom is 0.404 e. The van der Waals surface area contributed by atoms with Crippen LogP contribution < -0.4 is 16.4 Å². The molecule has 2 atom stereocenters. The van der Waals surface area contributed by atoms with Crippen LogP contribution in [0.15, 0.2) is 0 Å². The molecular formula is C7H13N3O3. The smallest absolute Gasteiger partial charge is 0.404 e. The lowest BCUT2D eigenvalue weighted by Crippen LogP contribution is -2.36. The van der Waals surface area contributed by atoms with E-state index in [0.717, 1.165) is 0 Å². The SMILES string of the molecule is NC(=O)[C@@H]1CNC[C@@H]1CNC(=O)O. The fourth-order valence-electron chi connectivity index (χ4n) is 1.50. The van der Waals surface area contributed by atoms with Crippen molar-refractivity contribution in [1.29, 1.82) is 0 Å². The molecule has 2 amide bonds. The summed E-state index contributed by atoms with van der Waals surface area (Å²) in [6, 6.07) is 0. The minimum absolute atomic E-state index is 0.0198. The van der Waals surface area contributed by atoms with Gasteiger partial charge in [-0.3, -0.25) is 4.79 Å². The van der Waals surface area contributed by atoms with Crippen molar-refractivity contribution in [2.24, 2.45) is 17.6 Å². The highest BCUT2D eigenvalue weighted by molar-refractivity contribution is 5.77. The van der Waals surface area contributed by atoms with Gasteiger partial charge in [0.05, 0.1) is 5.92 Å². The molecule has 1 saturated heterocycles. The second-order valence-corrected chi connectivity index (χ2v) is 3.11. The van der Waals surface area contributed by atoms with Gasteiger partial charge in [0.15, 0.2) is 0 Å². The summed E-state index contributed by atoms with van der Waals surface area (Å²) in [4.78, 5) is 21.0. The molecule has 0 unspecified atom stereocenters. The van der Waals surface area contributed by atoms with Gasteiger partial charge in [-0.1, -0.05) is 0 Å². The topological polar surface area (TPSA) is 104 Å². The highest BCUT2D eigenvalue weighted by atomic mass is 16.4. The quantitative estimate of drug-likeness (QED) is 0.435. The van der Waals surface area contributed by atoms with Gasteiger partial charge >= 0.3 is 6.09 Å². The van der Waals surface area contributed by atoms with Crippen molar-refractivity contribution < 1.29 is 14.7 Å². The maximum atomic E-state index is 10.9. The third kappa shape index (κ3) is 2.59. The molecule has 0 saturated carbocycles. The van der Waals surface area contributed by atoms with Gasteiger partial charge in [-0.15, -0.1) is 0 Å². The predicted molar refractivity (Wildman–Crippen MR) is 45.1 cm³/mol. The van der Waals surface area contributed by atoms with Crippen LogP contribution >= 0.6 is 0 Å². The summed E-state index contributed by atoms with van der Waals surface area (Å²) in [5.41, 5.74) is 5.14. The van der Waals surface area contributed by atoms with E-state index in [1.165, 1.54) is 0 Å². The van der Waals surface area contributed by atoms with E-state index >= 15 is 0 Å². The van der Waals surface area contributed by atoms with Gasteiger partial charge in [0.2, 0.25) is 5.91 Å². The summed E-state index contributed by atoms with van der Waals surface area (Å²) in [5, 5.41) is 13.6. The number of carbonyl (C=O) groups excluding carboxylic acids is 1. The number of nitrogens with one attached hydrogen (secondary N) is 2. The third-order valence-electron chi connectivity index (χ3n) is 2.22. The van der Waals surface area contributed by atoms with Crippen molar-refractivity contribution in [3.05, 3.63) is 0 Å². The van der Waals surface area contributed by atoms with Crippen molar-refractivity contribution in [1.82, 2.24) is 10.6 Å². The molecule has 74 valence electrons. The van der Waals surface area contributed by atoms with Gasteiger partial charge in [-0.25, -0.2) is 4.79 Å². The van der Waals surface area contributed by atoms with Crippen molar-refractivity contribution in [3.8, 4) is 0 Å². The Kier molecular flexibility index (Phi) is 3.07. The molecule has 1 heterocycles. The first-order chi connectivity index (χ1) is 6.11. The molecule has 0 aromatic carbocycles. The number of carbonyl (C=O) groups is 2. The van der Waals surface area contributed by atoms with Crippen LogP contribution in [0, 0.1) is 11.8 Å². The zero-order valence-corrected chi connectivity index (χ0v) is 7.12. The van der Waals surface area contributed by atoms with Crippen LogP contribution in [0.3, 0.4) is 0 Å². The molecule has 0 aromatic heterocycles. The first kappa shape index (κ1) is 9.79. The van der Waals surface area contributed by atoms with Gasteiger partial charge in [0, 0.05) is 25.6 Å². The van der Waals surface area contributed by atoms with Crippen LogP contribution in [-0.4, -0.2) is 36.7 Å². The Morgan fingerprint density at radius 1 is 1.54 bits per heavy atom. The van der Waals surface area contributed by atoms with E-state index in [-0.39, 0.29) is 24.3 Å². The van der Waals surface area contributed by atoms with Crippen LogP contribution in [0.4, 0.5) is 4.79 Å². The van der Waals surface area contributed by atoms with E-state index in [2.05, 4.69) is 10.6 Å². The highest BCUT2D eigenvalue weighted by Crippen LogP contribution is 2.14. The third-order valence-corrected chi connectivity index (χ3v) is 2.22. The monoisotopic (exact) mass is 187 g/mol. The Bertz CT molecular complexity index is 219. The van der Waals surface area contributed by atoms with Crippen molar-refractivity contribution in [3.63, 3.8) is 0 Å². The van der Waals surface area contributed by atoms with E-state index in [0.29, 0.717) is 13.1 Å². The Hall–Kier alpha value is -1.30. The van der Waals surface area contributed by atoms with Crippen LogP contribution in [0.5, 0.6) is 0 Å². The first-order valence-corrected chi connectivity index (χ1v) is 4.08. The molecule has 0 aromatic rings. The Labute approximate surface area is 75.5 Å². The van der Waals surface area contributed by atoms with Gasteiger partial charge in [-0.2, -0.15) is 0 Å². The van der Waals surface area contributed by atoms with Crippen molar-refractivity contribution in [2.75, 3.05) is 19.6 Å². The zero-order valence-electron chi connectivity index (χ0n) is 7.12. The number of rotatable bonds is 3. The fourth-order valence-corrected chi connectivity index (χ4v) is 1.50. The normalized spacial score (nSPS) is 27.1. The van der Waals surface area contributed by atoms with E-state index < -0.39 is 6.09 Å². The summed E-state index contributed by atoms with van der Waals surface area (Å²) >= 11 is 0. The van der Waals surface area contributed by atoms with Crippen LogP contribution in [0.2, 0.25) is 0 Å². The molecular weight excluding hydrogens is 174 g/mol. The van der Waals surface area contributed by atoms with Crippen molar-refractivity contribution >= 4 is 12.0 Å². The van der Waals surface area contributed by atoms with E-state index in [4.69, 9.17) is 10.8 Å². The lowest BCUT2D eigenvalue weighted by atomic mass is 9.95. The van der Waals surface area contributed by atoms with Crippen LogP contribution in [0.1, 0.15) is 0 Å². The number of primary amides is 1. The van der Waals surface area contributed by atoms with E-state index in [9.17, 15) is 9.59 Å². The molecule has 1 fully saturated rings. The Morgan fingerprint density at radius 3 is 2.77 bits per heavy atom. The average molecular weight is 187 g/mol. The largest absolute Gasteiger partial charge is 0.465 e. The van der Waals surface area contributed by atoms with Crippen LogP contribution in [-0.2, 0) is 4.79 Å². The Balaban J connectivity index is 2.39. The minimum Gasteiger partial charge on any atom is -0.465 e. The van der Waals surface area contributed by atoms with Gasteiger partial charge in [-0.05, 0) is 0 Å². The summed E-state index contributed by atoms with van der Waals surface area (Å²) in [7, 11) is 0. The van der Waals surface area contributed by atoms with Crippen molar-refractivity contribution in [2.45, 2.75) is 0 Å². The molecule has 6 nitrogen and oxygen atoms in total. The number of hydrogen-bond donors (Lipinski definition) is 4. The number of carboxylic acid groups (broad SMARTS) is 1. The van der Waals surface area contributed by atoms with E-state index in [1.54, 1.807) is 0 Å². The molecule has 0 aliphatic carbocycles. The molecule has 1 rings (SSSR count). The molecule has 0 spiro atoms. The molecule has 0 bridgehead atoms.